The number of thioether (sulfide) groups is 1. The minimum Gasteiger partial charge on any atom is -0.123 e. The van der Waals surface area contributed by atoms with Gasteiger partial charge in [-0.25, -0.2) is 0 Å². The molecule has 0 N–H and O–H groups in total. The highest BCUT2D eigenvalue weighted by molar-refractivity contribution is 8.03. The largest absolute Gasteiger partial charge is 0.123 e. The first kappa shape index (κ1) is 8.43. The van der Waals surface area contributed by atoms with Crippen molar-refractivity contribution in [3.63, 3.8) is 0 Å². The molecule has 66 valence electrons. The van der Waals surface area contributed by atoms with Gasteiger partial charge < -0.3 is 0 Å². The second-order valence-corrected chi connectivity index (χ2v) is 5.85. The average molecular weight is 180 g/mol. The highest BCUT2D eigenvalue weighted by atomic mass is 32.2. The zero-order valence-electron chi connectivity index (χ0n) is 8.00. The van der Waals surface area contributed by atoms with Crippen LogP contribution in [0.4, 0.5) is 0 Å². The third-order valence-electron chi connectivity index (χ3n) is 2.97. The Balaban J connectivity index is 2.31. The molecule has 0 bridgehead atoms. The van der Waals surface area contributed by atoms with Gasteiger partial charge in [-0.05, 0) is 29.6 Å². The van der Waals surface area contributed by atoms with Crippen molar-refractivity contribution in [1.29, 1.82) is 0 Å². The Labute approximate surface area is 79.1 Å². The van der Waals surface area contributed by atoms with Crippen LogP contribution in [0.15, 0.2) is 23.1 Å². The first-order valence-electron chi connectivity index (χ1n) is 4.62. The van der Waals surface area contributed by atoms with Crippen molar-refractivity contribution in [2.75, 3.05) is 0 Å². The molecule has 2 aliphatic rings. The normalized spacial score (nSPS) is 37.8. The smallest absolute Gasteiger partial charge is 0.0310 e. The summed E-state index contributed by atoms with van der Waals surface area (Å²) < 4.78 is 0. The number of hydrogen-bond acceptors (Lipinski definition) is 1. The number of fused-ring (bicyclic) bond motifs is 1. The lowest BCUT2D eigenvalue weighted by atomic mass is 9.76. The van der Waals surface area contributed by atoms with Gasteiger partial charge in [0.1, 0.15) is 0 Å². The van der Waals surface area contributed by atoms with E-state index in [4.69, 9.17) is 0 Å². The minimum atomic E-state index is 0.406. The Bertz CT molecular complexity index is 248. The summed E-state index contributed by atoms with van der Waals surface area (Å²) in [6, 6.07) is 0. The molecule has 2 rings (SSSR count). The van der Waals surface area contributed by atoms with Crippen LogP contribution in [0.5, 0.6) is 0 Å². The van der Waals surface area contributed by atoms with Crippen molar-refractivity contribution in [2.24, 2.45) is 11.3 Å². The lowest BCUT2D eigenvalue weighted by molar-refractivity contribution is 0.300. The molecular weight excluding hydrogens is 164 g/mol. The van der Waals surface area contributed by atoms with Crippen molar-refractivity contribution in [2.45, 2.75) is 32.4 Å². The van der Waals surface area contributed by atoms with Gasteiger partial charge in [0.25, 0.3) is 0 Å². The molecule has 1 aliphatic carbocycles. The van der Waals surface area contributed by atoms with Gasteiger partial charge >= 0.3 is 0 Å². The maximum Gasteiger partial charge on any atom is 0.0310 e. The molecule has 0 saturated heterocycles. The van der Waals surface area contributed by atoms with Crippen LogP contribution in [-0.2, 0) is 0 Å². The van der Waals surface area contributed by atoms with Crippen molar-refractivity contribution >= 4 is 11.8 Å². The van der Waals surface area contributed by atoms with Crippen LogP contribution < -0.4 is 0 Å². The lowest BCUT2D eigenvalue weighted by Gasteiger charge is -2.37. The molecule has 0 fully saturated rings. The molecule has 0 amide bonds. The van der Waals surface area contributed by atoms with Crippen LogP contribution in [0.3, 0.4) is 0 Å². The van der Waals surface area contributed by atoms with Gasteiger partial charge in [-0.2, -0.15) is 0 Å². The number of hydrogen-bond donors (Lipinski definition) is 0. The van der Waals surface area contributed by atoms with E-state index in [0.717, 1.165) is 11.2 Å². The molecule has 1 aliphatic heterocycles. The van der Waals surface area contributed by atoms with Crippen LogP contribution in [0.25, 0.3) is 0 Å². The molecule has 1 heterocycles. The van der Waals surface area contributed by atoms with E-state index < -0.39 is 0 Å². The Kier molecular flexibility index (Phi) is 1.87. The van der Waals surface area contributed by atoms with Crippen LogP contribution in [0.1, 0.15) is 27.2 Å². The molecule has 0 saturated carbocycles. The molecule has 0 aromatic heterocycles. The zero-order chi connectivity index (χ0) is 8.77. The predicted molar refractivity (Wildman–Crippen MR) is 56.2 cm³/mol. The van der Waals surface area contributed by atoms with E-state index in [1.165, 1.54) is 11.3 Å². The molecule has 2 unspecified atom stereocenters. The van der Waals surface area contributed by atoms with E-state index in [9.17, 15) is 0 Å². The quantitative estimate of drug-likeness (QED) is 0.513. The highest BCUT2D eigenvalue weighted by Crippen LogP contribution is 2.49. The average Bonchev–Trinajstić information content (AvgIpc) is 2.32. The van der Waals surface area contributed by atoms with E-state index in [-0.39, 0.29) is 0 Å². The Morgan fingerprint density at radius 2 is 2.25 bits per heavy atom. The maximum absolute atomic E-state index is 2.44. The predicted octanol–water partition coefficient (Wildman–Crippen LogP) is 3.61. The van der Waals surface area contributed by atoms with E-state index in [1.807, 2.05) is 11.8 Å². The van der Waals surface area contributed by atoms with Crippen molar-refractivity contribution in [1.82, 2.24) is 0 Å². The second-order valence-electron chi connectivity index (χ2n) is 4.43. The Morgan fingerprint density at radius 3 is 3.00 bits per heavy atom. The third-order valence-corrected chi connectivity index (χ3v) is 4.21. The molecule has 0 nitrogen and oxygen atoms in total. The summed E-state index contributed by atoms with van der Waals surface area (Å²) >= 11 is 2.03. The van der Waals surface area contributed by atoms with Crippen molar-refractivity contribution in [3.8, 4) is 0 Å². The number of allylic oxidation sites excluding steroid dienone is 3. The summed E-state index contributed by atoms with van der Waals surface area (Å²) in [4.78, 5) is 1.49. The van der Waals surface area contributed by atoms with E-state index in [0.29, 0.717) is 5.41 Å². The van der Waals surface area contributed by atoms with Gasteiger partial charge in [0, 0.05) is 5.25 Å². The van der Waals surface area contributed by atoms with Crippen LogP contribution >= 0.6 is 11.8 Å². The third kappa shape index (κ3) is 1.24. The van der Waals surface area contributed by atoms with Gasteiger partial charge in [-0.3, -0.25) is 0 Å². The van der Waals surface area contributed by atoms with Crippen LogP contribution in [0, 0.1) is 11.3 Å². The lowest BCUT2D eigenvalue weighted by Crippen LogP contribution is -2.30. The highest BCUT2D eigenvalue weighted by Gasteiger charge is 2.38. The second kappa shape index (κ2) is 2.66. The molecular formula is C11H16S. The van der Waals surface area contributed by atoms with Crippen molar-refractivity contribution in [3.05, 3.63) is 23.1 Å². The monoisotopic (exact) mass is 180 g/mol. The van der Waals surface area contributed by atoms with Gasteiger partial charge in [-0.1, -0.05) is 32.1 Å². The zero-order valence-corrected chi connectivity index (χ0v) is 8.82. The fraction of sp³-hybridized carbons (Fsp3) is 0.636. The van der Waals surface area contributed by atoms with Crippen LogP contribution in [-0.4, -0.2) is 5.25 Å². The van der Waals surface area contributed by atoms with Crippen molar-refractivity contribution < 1.29 is 0 Å². The Hall–Kier alpha value is -0.170. The first-order valence-corrected chi connectivity index (χ1v) is 5.50. The summed E-state index contributed by atoms with van der Waals surface area (Å²) in [5.41, 5.74) is 0.406. The minimum absolute atomic E-state index is 0.406. The number of rotatable bonds is 0. The Morgan fingerprint density at radius 1 is 1.50 bits per heavy atom. The van der Waals surface area contributed by atoms with Crippen LogP contribution in [0.2, 0.25) is 0 Å². The molecule has 12 heavy (non-hydrogen) atoms. The summed E-state index contributed by atoms with van der Waals surface area (Å²) in [6.45, 7) is 6.95. The molecule has 0 radical (unpaired) electrons. The fourth-order valence-electron chi connectivity index (χ4n) is 2.36. The SMILES string of the molecule is CC1=CC(C)(C)C2CC=CC2S1. The molecule has 0 spiro atoms. The summed E-state index contributed by atoms with van der Waals surface area (Å²) in [6.07, 6.45) is 8.43. The summed E-state index contributed by atoms with van der Waals surface area (Å²) in [5, 5.41) is 0.755. The van der Waals surface area contributed by atoms with E-state index in [2.05, 4.69) is 39.0 Å². The molecule has 1 heteroatoms. The van der Waals surface area contributed by atoms with E-state index >= 15 is 0 Å². The molecule has 2 atom stereocenters. The van der Waals surface area contributed by atoms with E-state index in [1.54, 1.807) is 0 Å². The standard InChI is InChI=1S/C11H16S/c1-8-7-11(2,3)9-5-4-6-10(9)12-8/h4,6-7,9-10H,5H2,1-3H3. The van der Waals surface area contributed by atoms with Gasteiger partial charge in [-0.15, -0.1) is 11.8 Å². The topological polar surface area (TPSA) is 0 Å². The van der Waals surface area contributed by atoms with Gasteiger partial charge in [0.05, 0.1) is 0 Å². The summed E-state index contributed by atoms with van der Waals surface area (Å²) in [5.74, 6) is 0.839. The van der Waals surface area contributed by atoms with Gasteiger partial charge in [0.15, 0.2) is 0 Å². The molecule has 0 aromatic rings. The fourth-order valence-corrected chi connectivity index (χ4v) is 3.97. The van der Waals surface area contributed by atoms with Gasteiger partial charge in [0.2, 0.25) is 0 Å². The maximum atomic E-state index is 2.44. The first-order chi connectivity index (χ1) is 5.59. The molecule has 0 aromatic carbocycles. The summed E-state index contributed by atoms with van der Waals surface area (Å²) in [7, 11) is 0.